The van der Waals surface area contributed by atoms with Crippen molar-refractivity contribution in [3.63, 3.8) is 0 Å². The first-order valence-corrected chi connectivity index (χ1v) is 4.92. The van der Waals surface area contributed by atoms with Crippen molar-refractivity contribution in [2.24, 2.45) is 4.99 Å². The van der Waals surface area contributed by atoms with Crippen LogP contribution in [0.5, 0.6) is 0 Å². The van der Waals surface area contributed by atoms with Crippen LogP contribution in [0.1, 0.15) is 12.8 Å². The third-order valence-electron chi connectivity index (χ3n) is 2.05. The van der Waals surface area contributed by atoms with Crippen LogP contribution in [-0.2, 0) is 4.79 Å². The second kappa shape index (κ2) is 5.47. The van der Waals surface area contributed by atoms with Crippen molar-refractivity contribution >= 4 is 11.9 Å². The summed E-state index contributed by atoms with van der Waals surface area (Å²) in [5.41, 5.74) is 0. The fourth-order valence-electron chi connectivity index (χ4n) is 1.13. The zero-order valence-corrected chi connectivity index (χ0v) is 8.84. The highest BCUT2D eigenvalue weighted by Crippen LogP contribution is 1.92. The molecular formula is C9H18N4O. The van der Waals surface area contributed by atoms with Crippen LogP contribution >= 0.6 is 0 Å². The number of carbonyl (C=O) groups is 1. The largest absolute Gasteiger partial charge is 0.356 e. The van der Waals surface area contributed by atoms with Gasteiger partial charge in [0.25, 0.3) is 0 Å². The Kier molecular flexibility index (Phi) is 4.22. The number of guanidine groups is 1. The molecule has 1 rings (SSSR count). The Hall–Kier alpha value is -1.26. The second-order valence-electron chi connectivity index (χ2n) is 3.51. The van der Waals surface area contributed by atoms with E-state index < -0.39 is 0 Å². The number of nitrogens with one attached hydrogen (secondary N) is 2. The van der Waals surface area contributed by atoms with E-state index in [1.807, 2.05) is 0 Å². The smallest absolute Gasteiger partial charge is 0.241 e. The van der Waals surface area contributed by atoms with E-state index >= 15 is 0 Å². The Bertz CT molecular complexity index is 225. The number of nitrogens with zero attached hydrogens (tertiary/aromatic N) is 2. The van der Waals surface area contributed by atoms with Gasteiger partial charge in [0.1, 0.15) is 0 Å². The predicted octanol–water partition coefficient (Wildman–Crippen LogP) is -0.596. The number of hydrogen-bond acceptors (Lipinski definition) is 4. The van der Waals surface area contributed by atoms with Gasteiger partial charge >= 0.3 is 0 Å². The van der Waals surface area contributed by atoms with E-state index in [0.717, 1.165) is 31.9 Å². The topological polar surface area (TPSA) is 56.7 Å². The van der Waals surface area contributed by atoms with Crippen LogP contribution in [0.3, 0.4) is 0 Å². The molecule has 80 valence electrons. The molecule has 5 nitrogen and oxygen atoms in total. The molecule has 1 amide bonds. The summed E-state index contributed by atoms with van der Waals surface area (Å²) in [6.07, 6.45) is 2.25. The molecule has 0 aromatic rings. The SMILES string of the molecule is CN(C)C(=O)CNC1=NCCCCN1. The number of amides is 1. The van der Waals surface area contributed by atoms with Crippen LogP contribution in [0.2, 0.25) is 0 Å². The lowest BCUT2D eigenvalue weighted by molar-refractivity contribution is -0.127. The van der Waals surface area contributed by atoms with E-state index in [-0.39, 0.29) is 5.91 Å². The summed E-state index contributed by atoms with van der Waals surface area (Å²) in [6, 6.07) is 0. The third kappa shape index (κ3) is 3.64. The molecule has 0 saturated carbocycles. The van der Waals surface area contributed by atoms with Crippen molar-refractivity contribution in [2.45, 2.75) is 12.8 Å². The molecule has 0 fully saturated rings. The summed E-state index contributed by atoms with van der Waals surface area (Å²) in [4.78, 5) is 17.1. The molecule has 1 aliphatic rings. The molecule has 0 atom stereocenters. The van der Waals surface area contributed by atoms with Crippen molar-refractivity contribution in [1.29, 1.82) is 0 Å². The zero-order valence-electron chi connectivity index (χ0n) is 8.84. The Labute approximate surface area is 84.6 Å². The molecule has 0 bridgehead atoms. The van der Waals surface area contributed by atoms with Crippen LogP contribution in [0.25, 0.3) is 0 Å². The maximum atomic E-state index is 11.3. The van der Waals surface area contributed by atoms with Crippen LogP contribution < -0.4 is 10.6 Å². The molecule has 0 aliphatic carbocycles. The third-order valence-corrected chi connectivity index (χ3v) is 2.05. The molecule has 1 heterocycles. The average Bonchev–Trinajstić information content (AvgIpc) is 2.42. The Morgan fingerprint density at radius 1 is 1.57 bits per heavy atom. The molecular weight excluding hydrogens is 180 g/mol. The zero-order chi connectivity index (χ0) is 10.4. The van der Waals surface area contributed by atoms with E-state index in [0.29, 0.717) is 6.54 Å². The van der Waals surface area contributed by atoms with Gasteiger partial charge in [0.05, 0.1) is 6.54 Å². The van der Waals surface area contributed by atoms with Crippen LogP contribution in [-0.4, -0.2) is 50.5 Å². The summed E-state index contributed by atoms with van der Waals surface area (Å²) < 4.78 is 0. The standard InChI is InChI=1S/C9H18N4O/c1-13(2)8(14)7-12-9-10-5-3-4-6-11-9/h3-7H2,1-2H3,(H2,10,11,12). The quantitative estimate of drug-likeness (QED) is 0.623. The van der Waals surface area contributed by atoms with Gasteiger partial charge in [-0.3, -0.25) is 9.79 Å². The van der Waals surface area contributed by atoms with Gasteiger partial charge in [0, 0.05) is 27.2 Å². The molecule has 0 aromatic heterocycles. The first kappa shape index (κ1) is 10.8. The normalized spacial score (nSPS) is 16.3. The minimum absolute atomic E-state index is 0.0544. The maximum Gasteiger partial charge on any atom is 0.241 e. The van der Waals surface area contributed by atoms with Crippen molar-refractivity contribution < 1.29 is 4.79 Å². The summed E-state index contributed by atoms with van der Waals surface area (Å²) >= 11 is 0. The highest BCUT2D eigenvalue weighted by molar-refractivity contribution is 5.86. The number of rotatable bonds is 2. The number of hydrogen-bond donors (Lipinski definition) is 2. The molecule has 5 heteroatoms. The second-order valence-corrected chi connectivity index (χ2v) is 3.51. The predicted molar refractivity (Wildman–Crippen MR) is 56.2 cm³/mol. The first-order chi connectivity index (χ1) is 6.70. The average molecular weight is 198 g/mol. The van der Waals surface area contributed by atoms with Gasteiger partial charge in [-0.1, -0.05) is 0 Å². The van der Waals surface area contributed by atoms with Gasteiger partial charge in [0.15, 0.2) is 5.96 Å². The summed E-state index contributed by atoms with van der Waals surface area (Å²) in [5.74, 6) is 0.802. The highest BCUT2D eigenvalue weighted by atomic mass is 16.2. The molecule has 14 heavy (non-hydrogen) atoms. The summed E-state index contributed by atoms with van der Waals surface area (Å²) in [5, 5.41) is 6.13. The van der Waals surface area contributed by atoms with Crippen LogP contribution in [0.15, 0.2) is 4.99 Å². The van der Waals surface area contributed by atoms with Crippen molar-refractivity contribution in [3.05, 3.63) is 0 Å². The Morgan fingerprint density at radius 3 is 3.07 bits per heavy atom. The summed E-state index contributed by atoms with van der Waals surface area (Å²) in [7, 11) is 3.48. The van der Waals surface area contributed by atoms with Crippen LogP contribution in [0.4, 0.5) is 0 Å². The Balaban J connectivity index is 2.29. The van der Waals surface area contributed by atoms with Gasteiger partial charge in [0.2, 0.25) is 5.91 Å². The van der Waals surface area contributed by atoms with Crippen molar-refractivity contribution in [3.8, 4) is 0 Å². The molecule has 2 N–H and O–H groups in total. The lowest BCUT2D eigenvalue weighted by atomic mass is 10.3. The molecule has 0 saturated heterocycles. The lowest BCUT2D eigenvalue weighted by Crippen LogP contribution is -2.42. The molecule has 0 aromatic carbocycles. The summed E-state index contributed by atoms with van der Waals surface area (Å²) in [6.45, 7) is 2.08. The number of likely N-dealkylation sites (N-methyl/N-ethyl adjacent to an activating group) is 1. The highest BCUT2D eigenvalue weighted by Gasteiger charge is 2.06. The minimum Gasteiger partial charge on any atom is -0.356 e. The molecule has 0 spiro atoms. The van der Waals surface area contributed by atoms with E-state index in [4.69, 9.17) is 0 Å². The Morgan fingerprint density at radius 2 is 2.36 bits per heavy atom. The molecule has 0 radical (unpaired) electrons. The molecule has 1 aliphatic heterocycles. The monoisotopic (exact) mass is 198 g/mol. The van der Waals surface area contributed by atoms with E-state index in [1.54, 1.807) is 19.0 Å². The number of carbonyl (C=O) groups excluding carboxylic acids is 1. The first-order valence-electron chi connectivity index (χ1n) is 4.92. The van der Waals surface area contributed by atoms with Crippen LogP contribution in [0, 0.1) is 0 Å². The van der Waals surface area contributed by atoms with E-state index in [9.17, 15) is 4.79 Å². The van der Waals surface area contributed by atoms with E-state index in [2.05, 4.69) is 15.6 Å². The fourth-order valence-corrected chi connectivity index (χ4v) is 1.13. The van der Waals surface area contributed by atoms with Gasteiger partial charge in [-0.15, -0.1) is 0 Å². The molecule has 0 unspecified atom stereocenters. The fraction of sp³-hybridized carbons (Fsp3) is 0.778. The lowest BCUT2D eigenvalue weighted by Gasteiger charge is -2.13. The van der Waals surface area contributed by atoms with Crippen molar-refractivity contribution in [2.75, 3.05) is 33.7 Å². The van der Waals surface area contributed by atoms with Gasteiger partial charge in [-0.2, -0.15) is 0 Å². The van der Waals surface area contributed by atoms with Gasteiger partial charge < -0.3 is 15.5 Å². The van der Waals surface area contributed by atoms with Crippen molar-refractivity contribution in [1.82, 2.24) is 15.5 Å². The number of aliphatic imine (C=N–C) groups is 1. The maximum absolute atomic E-state index is 11.3. The van der Waals surface area contributed by atoms with Gasteiger partial charge in [-0.25, -0.2) is 0 Å². The van der Waals surface area contributed by atoms with Gasteiger partial charge in [-0.05, 0) is 12.8 Å². The van der Waals surface area contributed by atoms with E-state index in [1.165, 1.54) is 0 Å². The minimum atomic E-state index is 0.0544.